The highest BCUT2D eigenvalue weighted by molar-refractivity contribution is 14.1. The van der Waals surface area contributed by atoms with Crippen LogP contribution in [0.1, 0.15) is 6.92 Å². The molecule has 0 bridgehead atoms. The van der Waals surface area contributed by atoms with Crippen LogP contribution in [0.25, 0.3) is 0 Å². The molecular weight excluding hydrogens is 407 g/mol. The summed E-state index contributed by atoms with van der Waals surface area (Å²) in [5.74, 6) is 1.06. The first kappa shape index (κ1) is 17.4. The Kier molecular flexibility index (Phi) is 6.09. The number of amides is 1. The molecule has 0 aliphatic heterocycles. The van der Waals surface area contributed by atoms with E-state index in [1.54, 1.807) is 32.4 Å². The largest absolute Gasteiger partial charge is 0.493 e. The first-order valence-corrected chi connectivity index (χ1v) is 8.16. The quantitative estimate of drug-likeness (QED) is 0.691. The van der Waals surface area contributed by atoms with E-state index in [1.807, 2.05) is 31.2 Å². The van der Waals surface area contributed by atoms with E-state index in [0.717, 1.165) is 9.26 Å². The maximum atomic E-state index is 12.3. The third kappa shape index (κ3) is 4.75. The third-order valence-electron chi connectivity index (χ3n) is 3.25. The predicted octanol–water partition coefficient (Wildman–Crippen LogP) is 3.75. The van der Waals surface area contributed by atoms with E-state index < -0.39 is 0 Å². The summed E-state index contributed by atoms with van der Waals surface area (Å²) in [4.78, 5) is 12.3. The Labute approximate surface area is 149 Å². The Bertz CT molecular complexity index is 691. The normalized spacial score (nSPS) is 11.5. The van der Waals surface area contributed by atoms with Crippen molar-refractivity contribution in [2.75, 3.05) is 24.9 Å². The lowest BCUT2D eigenvalue weighted by atomic mass is 10.2. The summed E-state index contributed by atoms with van der Waals surface area (Å²) in [6.07, 6.45) is 0. The van der Waals surface area contributed by atoms with E-state index >= 15 is 0 Å². The van der Waals surface area contributed by atoms with Gasteiger partial charge >= 0.3 is 0 Å². The summed E-state index contributed by atoms with van der Waals surface area (Å²) in [7, 11) is 3.13. The van der Waals surface area contributed by atoms with Gasteiger partial charge in [0.25, 0.3) is 0 Å². The van der Waals surface area contributed by atoms with E-state index in [2.05, 4.69) is 33.2 Å². The summed E-state index contributed by atoms with van der Waals surface area (Å²) in [6, 6.07) is 12.8. The molecule has 0 saturated carbocycles. The Morgan fingerprint density at radius 3 is 2.43 bits per heavy atom. The zero-order chi connectivity index (χ0) is 16.8. The van der Waals surface area contributed by atoms with Gasteiger partial charge in [0, 0.05) is 21.0 Å². The number of halogens is 1. The van der Waals surface area contributed by atoms with Crippen molar-refractivity contribution in [1.29, 1.82) is 0 Å². The number of rotatable bonds is 6. The van der Waals surface area contributed by atoms with Crippen molar-refractivity contribution in [3.63, 3.8) is 0 Å². The van der Waals surface area contributed by atoms with Gasteiger partial charge < -0.3 is 20.1 Å². The summed E-state index contributed by atoms with van der Waals surface area (Å²) in [5, 5.41) is 6.04. The number of hydrogen-bond acceptors (Lipinski definition) is 4. The van der Waals surface area contributed by atoms with Crippen LogP contribution >= 0.6 is 22.6 Å². The van der Waals surface area contributed by atoms with Gasteiger partial charge in [0.15, 0.2) is 11.5 Å². The molecule has 122 valence electrons. The lowest BCUT2D eigenvalue weighted by molar-refractivity contribution is -0.116. The fourth-order valence-electron chi connectivity index (χ4n) is 2.06. The lowest BCUT2D eigenvalue weighted by Crippen LogP contribution is -2.31. The zero-order valence-corrected chi connectivity index (χ0v) is 15.4. The minimum absolute atomic E-state index is 0.129. The molecule has 2 aromatic rings. The van der Waals surface area contributed by atoms with Crippen LogP contribution in [-0.2, 0) is 4.79 Å². The fraction of sp³-hybridized carbons (Fsp3) is 0.235. The first-order chi connectivity index (χ1) is 11.0. The predicted molar refractivity (Wildman–Crippen MR) is 100 cm³/mol. The SMILES string of the molecule is COc1ccc(NC(=O)C(C)Nc2cccc(I)c2)cc1OC. The third-order valence-corrected chi connectivity index (χ3v) is 3.92. The number of methoxy groups -OCH3 is 2. The van der Waals surface area contributed by atoms with Crippen molar-refractivity contribution in [2.45, 2.75) is 13.0 Å². The zero-order valence-electron chi connectivity index (χ0n) is 13.2. The van der Waals surface area contributed by atoms with Crippen LogP contribution in [0.5, 0.6) is 11.5 Å². The van der Waals surface area contributed by atoms with Crippen LogP contribution < -0.4 is 20.1 Å². The minimum Gasteiger partial charge on any atom is -0.493 e. The molecule has 0 aromatic heterocycles. The van der Waals surface area contributed by atoms with Crippen LogP contribution in [0, 0.1) is 3.57 Å². The molecule has 2 aromatic carbocycles. The number of anilines is 2. The Morgan fingerprint density at radius 2 is 1.78 bits per heavy atom. The van der Waals surface area contributed by atoms with Crippen molar-refractivity contribution in [2.24, 2.45) is 0 Å². The molecule has 1 unspecified atom stereocenters. The Hall–Kier alpha value is -1.96. The summed E-state index contributed by atoms with van der Waals surface area (Å²) >= 11 is 2.24. The van der Waals surface area contributed by atoms with Crippen molar-refractivity contribution < 1.29 is 14.3 Å². The van der Waals surface area contributed by atoms with Crippen molar-refractivity contribution in [3.8, 4) is 11.5 Å². The standard InChI is InChI=1S/C17H19IN2O3/c1-11(19-13-6-4-5-12(18)9-13)17(21)20-14-7-8-15(22-2)16(10-14)23-3/h4-11,19H,1-3H3,(H,20,21). The smallest absolute Gasteiger partial charge is 0.246 e. The van der Waals surface area contributed by atoms with Crippen LogP contribution in [0.4, 0.5) is 11.4 Å². The van der Waals surface area contributed by atoms with Crippen LogP contribution in [0.15, 0.2) is 42.5 Å². The molecule has 0 fully saturated rings. The van der Waals surface area contributed by atoms with E-state index in [1.165, 1.54) is 0 Å². The molecule has 0 aliphatic rings. The lowest BCUT2D eigenvalue weighted by Gasteiger charge is -2.16. The molecule has 2 rings (SSSR count). The highest BCUT2D eigenvalue weighted by atomic mass is 127. The fourth-order valence-corrected chi connectivity index (χ4v) is 2.60. The number of hydrogen-bond donors (Lipinski definition) is 2. The second kappa shape index (κ2) is 8.05. The maximum absolute atomic E-state index is 12.3. The van der Waals surface area contributed by atoms with Crippen molar-refractivity contribution in [1.82, 2.24) is 0 Å². The van der Waals surface area contributed by atoms with Crippen LogP contribution in [-0.4, -0.2) is 26.2 Å². The summed E-state index contributed by atoms with van der Waals surface area (Å²) in [5.41, 5.74) is 1.57. The molecule has 0 heterocycles. The molecule has 1 atom stereocenters. The highest BCUT2D eigenvalue weighted by Crippen LogP contribution is 2.29. The molecule has 0 radical (unpaired) electrons. The molecule has 5 nitrogen and oxygen atoms in total. The molecule has 0 aliphatic carbocycles. The molecular formula is C17H19IN2O3. The summed E-state index contributed by atoms with van der Waals surface area (Å²) in [6.45, 7) is 1.82. The molecule has 6 heteroatoms. The highest BCUT2D eigenvalue weighted by Gasteiger charge is 2.14. The van der Waals surface area contributed by atoms with Gasteiger partial charge in [-0.1, -0.05) is 6.07 Å². The first-order valence-electron chi connectivity index (χ1n) is 7.08. The van der Waals surface area contributed by atoms with Gasteiger partial charge in [0.05, 0.1) is 14.2 Å². The minimum atomic E-state index is -0.374. The van der Waals surface area contributed by atoms with E-state index in [9.17, 15) is 4.79 Å². The van der Waals surface area contributed by atoms with E-state index in [4.69, 9.17) is 9.47 Å². The maximum Gasteiger partial charge on any atom is 0.246 e. The van der Waals surface area contributed by atoms with Crippen LogP contribution in [0.2, 0.25) is 0 Å². The second-order valence-electron chi connectivity index (χ2n) is 4.94. The van der Waals surface area contributed by atoms with Gasteiger partial charge in [-0.3, -0.25) is 4.79 Å². The average Bonchev–Trinajstić information content (AvgIpc) is 2.54. The summed E-state index contributed by atoms with van der Waals surface area (Å²) < 4.78 is 11.5. The van der Waals surface area contributed by atoms with Gasteiger partial charge in [-0.05, 0) is 59.8 Å². The number of benzene rings is 2. The van der Waals surface area contributed by atoms with Crippen molar-refractivity contribution in [3.05, 3.63) is 46.0 Å². The number of ether oxygens (including phenoxy) is 2. The number of nitrogens with one attached hydrogen (secondary N) is 2. The molecule has 0 saturated heterocycles. The van der Waals surface area contributed by atoms with Crippen LogP contribution in [0.3, 0.4) is 0 Å². The van der Waals surface area contributed by atoms with Crippen molar-refractivity contribution >= 4 is 39.9 Å². The van der Waals surface area contributed by atoms with Gasteiger partial charge in [-0.25, -0.2) is 0 Å². The second-order valence-corrected chi connectivity index (χ2v) is 6.18. The van der Waals surface area contributed by atoms with Gasteiger partial charge in [-0.15, -0.1) is 0 Å². The number of carbonyl (C=O) groups excluding carboxylic acids is 1. The van der Waals surface area contributed by atoms with Gasteiger partial charge in [-0.2, -0.15) is 0 Å². The number of carbonyl (C=O) groups is 1. The monoisotopic (exact) mass is 426 g/mol. The van der Waals surface area contributed by atoms with E-state index in [-0.39, 0.29) is 11.9 Å². The molecule has 0 spiro atoms. The topological polar surface area (TPSA) is 59.6 Å². The Balaban J connectivity index is 2.03. The average molecular weight is 426 g/mol. The Morgan fingerprint density at radius 1 is 1.04 bits per heavy atom. The van der Waals surface area contributed by atoms with Gasteiger partial charge in [0.2, 0.25) is 5.91 Å². The van der Waals surface area contributed by atoms with E-state index in [0.29, 0.717) is 17.2 Å². The molecule has 1 amide bonds. The van der Waals surface area contributed by atoms with Gasteiger partial charge in [0.1, 0.15) is 6.04 Å². The molecule has 23 heavy (non-hydrogen) atoms. The molecule has 2 N–H and O–H groups in total.